The van der Waals surface area contributed by atoms with Crippen molar-refractivity contribution in [3.05, 3.63) is 35.9 Å². The van der Waals surface area contributed by atoms with Crippen molar-refractivity contribution in [3.63, 3.8) is 0 Å². The van der Waals surface area contributed by atoms with E-state index in [0.29, 0.717) is 12.1 Å². The molecule has 3 aliphatic rings. The molecule has 1 saturated heterocycles. The van der Waals surface area contributed by atoms with Crippen molar-refractivity contribution >= 4 is 5.96 Å². The maximum absolute atomic E-state index is 4.45. The molecule has 0 radical (unpaired) electrons. The molecule has 0 spiro atoms. The highest BCUT2D eigenvalue weighted by Crippen LogP contribution is 2.33. The summed E-state index contributed by atoms with van der Waals surface area (Å²) in [6.45, 7) is 2.50. The first-order chi connectivity index (χ1) is 11.8. The van der Waals surface area contributed by atoms with Gasteiger partial charge in [-0.3, -0.25) is 4.99 Å². The summed E-state index contributed by atoms with van der Waals surface area (Å²) < 4.78 is 0. The zero-order valence-electron chi connectivity index (χ0n) is 14.7. The van der Waals surface area contributed by atoms with E-state index < -0.39 is 0 Å². The molecule has 3 fully saturated rings. The minimum absolute atomic E-state index is 0.581. The highest BCUT2D eigenvalue weighted by molar-refractivity contribution is 5.80. The second-order valence-electron chi connectivity index (χ2n) is 7.69. The van der Waals surface area contributed by atoms with Crippen molar-refractivity contribution in [2.24, 2.45) is 10.9 Å². The van der Waals surface area contributed by atoms with Crippen LogP contribution in [0.25, 0.3) is 0 Å². The minimum atomic E-state index is 0.581. The van der Waals surface area contributed by atoms with Crippen LogP contribution in [-0.2, 0) is 6.42 Å². The van der Waals surface area contributed by atoms with Crippen LogP contribution in [0.5, 0.6) is 0 Å². The molecular weight excluding hydrogens is 296 g/mol. The van der Waals surface area contributed by atoms with E-state index in [1.807, 2.05) is 7.05 Å². The highest BCUT2D eigenvalue weighted by atomic mass is 15.2. The molecule has 0 aromatic heterocycles. The Morgan fingerprint density at radius 1 is 1.08 bits per heavy atom. The molecule has 4 nitrogen and oxygen atoms in total. The number of nitrogens with one attached hydrogen (secondary N) is 2. The molecule has 1 aromatic rings. The number of likely N-dealkylation sites (tertiary alicyclic amines) is 1. The van der Waals surface area contributed by atoms with Crippen LogP contribution in [-0.4, -0.2) is 49.1 Å². The highest BCUT2D eigenvalue weighted by Gasteiger charge is 2.38. The molecule has 2 atom stereocenters. The molecule has 130 valence electrons. The standard InChI is InChI=1S/C20H30N4/c1-21-20(22-17-9-11-24(12-10-17)18-7-8-18)23-19-14-16(19)13-15-5-3-2-4-6-15/h2-6,16-19H,7-14H2,1H3,(H2,21,22,23). The number of piperidine rings is 1. The van der Waals surface area contributed by atoms with Crippen LogP contribution in [0, 0.1) is 5.92 Å². The smallest absolute Gasteiger partial charge is 0.191 e. The molecule has 0 bridgehead atoms. The molecule has 4 rings (SSSR count). The van der Waals surface area contributed by atoms with E-state index in [9.17, 15) is 0 Å². The lowest BCUT2D eigenvalue weighted by Gasteiger charge is -2.33. The van der Waals surface area contributed by atoms with Gasteiger partial charge >= 0.3 is 0 Å². The number of benzene rings is 1. The fourth-order valence-electron chi connectivity index (χ4n) is 3.96. The van der Waals surface area contributed by atoms with Crippen LogP contribution < -0.4 is 10.6 Å². The Balaban J connectivity index is 1.20. The van der Waals surface area contributed by atoms with E-state index in [-0.39, 0.29) is 0 Å². The molecule has 1 aliphatic heterocycles. The normalized spacial score (nSPS) is 28.6. The Bertz CT molecular complexity index is 558. The first-order valence-corrected chi connectivity index (χ1v) is 9.59. The molecule has 2 aliphatic carbocycles. The molecule has 2 unspecified atom stereocenters. The molecular formula is C20H30N4. The fraction of sp³-hybridized carbons (Fsp3) is 0.650. The van der Waals surface area contributed by atoms with E-state index in [0.717, 1.165) is 17.9 Å². The fourth-order valence-corrected chi connectivity index (χ4v) is 3.96. The van der Waals surface area contributed by atoms with E-state index in [4.69, 9.17) is 0 Å². The van der Waals surface area contributed by atoms with Gasteiger partial charge in [0.2, 0.25) is 0 Å². The predicted octanol–water partition coefficient (Wildman–Crippen LogP) is 2.41. The number of aliphatic imine (C=N–C) groups is 1. The molecule has 4 heteroatoms. The number of rotatable bonds is 5. The van der Waals surface area contributed by atoms with Crippen LogP contribution in [0.1, 0.15) is 37.7 Å². The maximum Gasteiger partial charge on any atom is 0.191 e. The Kier molecular flexibility index (Phi) is 4.74. The van der Waals surface area contributed by atoms with E-state index >= 15 is 0 Å². The average molecular weight is 326 g/mol. The second kappa shape index (κ2) is 7.14. The van der Waals surface area contributed by atoms with Gasteiger partial charge in [0, 0.05) is 38.3 Å². The predicted molar refractivity (Wildman–Crippen MR) is 99.3 cm³/mol. The van der Waals surface area contributed by atoms with Gasteiger partial charge in [0.1, 0.15) is 0 Å². The van der Waals surface area contributed by atoms with Gasteiger partial charge in [-0.15, -0.1) is 0 Å². The van der Waals surface area contributed by atoms with Crippen LogP contribution in [0.3, 0.4) is 0 Å². The molecule has 1 aromatic carbocycles. The Morgan fingerprint density at radius 3 is 2.50 bits per heavy atom. The molecule has 1 heterocycles. The zero-order valence-corrected chi connectivity index (χ0v) is 14.7. The zero-order chi connectivity index (χ0) is 16.4. The van der Waals surface area contributed by atoms with E-state index in [2.05, 4.69) is 50.9 Å². The summed E-state index contributed by atoms with van der Waals surface area (Å²) in [7, 11) is 1.89. The number of guanidine groups is 1. The third-order valence-electron chi connectivity index (χ3n) is 5.74. The molecule has 24 heavy (non-hydrogen) atoms. The summed E-state index contributed by atoms with van der Waals surface area (Å²) in [5.74, 6) is 1.75. The Morgan fingerprint density at radius 2 is 1.83 bits per heavy atom. The van der Waals surface area contributed by atoms with E-state index in [1.165, 1.54) is 57.2 Å². The SMILES string of the molecule is CN=C(NC1CCN(C2CC2)CC1)NC1CC1Cc1ccccc1. The largest absolute Gasteiger partial charge is 0.354 e. The van der Waals surface area contributed by atoms with E-state index in [1.54, 1.807) is 0 Å². The number of hydrogen-bond donors (Lipinski definition) is 2. The lowest BCUT2D eigenvalue weighted by molar-refractivity contribution is 0.197. The van der Waals surface area contributed by atoms with Crippen LogP contribution in [0.4, 0.5) is 0 Å². The molecule has 2 saturated carbocycles. The Labute approximate surface area is 145 Å². The average Bonchev–Trinajstić information content (AvgIpc) is 3.53. The van der Waals surface area contributed by atoms with Crippen molar-refractivity contribution in [1.29, 1.82) is 0 Å². The number of nitrogens with zero attached hydrogens (tertiary/aromatic N) is 2. The lowest BCUT2D eigenvalue weighted by atomic mass is 10.1. The van der Waals surface area contributed by atoms with Crippen molar-refractivity contribution in [2.45, 2.75) is 56.7 Å². The molecule has 2 N–H and O–H groups in total. The quantitative estimate of drug-likeness (QED) is 0.645. The van der Waals surface area contributed by atoms with Crippen molar-refractivity contribution in [2.75, 3.05) is 20.1 Å². The van der Waals surface area contributed by atoms with Gasteiger partial charge in [0.25, 0.3) is 0 Å². The minimum Gasteiger partial charge on any atom is -0.354 e. The summed E-state index contributed by atoms with van der Waals surface area (Å²) in [6, 6.07) is 12.9. The van der Waals surface area contributed by atoms with Crippen molar-refractivity contribution < 1.29 is 0 Å². The second-order valence-corrected chi connectivity index (χ2v) is 7.69. The van der Waals surface area contributed by atoms with Crippen molar-refractivity contribution in [1.82, 2.24) is 15.5 Å². The summed E-state index contributed by atoms with van der Waals surface area (Å²) in [5.41, 5.74) is 1.45. The summed E-state index contributed by atoms with van der Waals surface area (Å²) in [6.07, 6.45) is 7.77. The van der Waals surface area contributed by atoms with Crippen molar-refractivity contribution in [3.8, 4) is 0 Å². The monoisotopic (exact) mass is 326 g/mol. The van der Waals surface area contributed by atoms with Crippen LogP contribution >= 0.6 is 0 Å². The van der Waals surface area contributed by atoms with Gasteiger partial charge in [-0.05, 0) is 50.0 Å². The van der Waals surface area contributed by atoms with Crippen LogP contribution in [0.2, 0.25) is 0 Å². The topological polar surface area (TPSA) is 39.7 Å². The first-order valence-electron chi connectivity index (χ1n) is 9.59. The van der Waals surface area contributed by atoms with Gasteiger partial charge in [-0.2, -0.15) is 0 Å². The Hall–Kier alpha value is -1.55. The van der Waals surface area contributed by atoms with Crippen LogP contribution in [0.15, 0.2) is 35.3 Å². The van der Waals surface area contributed by atoms with Gasteiger partial charge in [-0.1, -0.05) is 30.3 Å². The number of hydrogen-bond acceptors (Lipinski definition) is 2. The van der Waals surface area contributed by atoms with Gasteiger partial charge in [0.15, 0.2) is 5.96 Å². The summed E-state index contributed by atoms with van der Waals surface area (Å²) in [5, 5.41) is 7.28. The maximum atomic E-state index is 4.45. The van der Waals surface area contributed by atoms with Gasteiger partial charge in [-0.25, -0.2) is 0 Å². The lowest BCUT2D eigenvalue weighted by Crippen LogP contribution is -2.49. The molecule has 0 amide bonds. The first kappa shape index (κ1) is 15.9. The third-order valence-corrected chi connectivity index (χ3v) is 5.74. The summed E-state index contributed by atoms with van der Waals surface area (Å²) >= 11 is 0. The third kappa shape index (κ3) is 4.10. The summed E-state index contributed by atoms with van der Waals surface area (Å²) in [4.78, 5) is 7.12. The van der Waals surface area contributed by atoms with Gasteiger partial charge < -0.3 is 15.5 Å². The van der Waals surface area contributed by atoms with Gasteiger partial charge in [0.05, 0.1) is 0 Å².